The summed E-state index contributed by atoms with van der Waals surface area (Å²) in [7, 11) is 0. The summed E-state index contributed by atoms with van der Waals surface area (Å²) < 4.78 is 0. The first-order chi connectivity index (χ1) is 16.1. The summed E-state index contributed by atoms with van der Waals surface area (Å²) >= 11 is 0. The van der Waals surface area contributed by atoms with Crippen LogP contribution in [0.15, 0.2) is 96.1 Å². The number of hydrazone groups is 1. The molecule has 3 aromatic carbocycles. The van der Waals surface area contributed by atoms with E-state index in [1.54, 1.807) is 6.07 Å². The SMILES string of the molecule is NC(=O)[C@@H]1CC(C(=O)Nc2cccc(-c3ccc4ccccc4c3)n2)=NN1c1ccccc1. The van der Waals surface area contributed by atoms with Crippen LogP contribution in [0.25, 0.3) is 22.0 Å². The third kappa shape index (κ3) is 4.16. The molecule has 0 fully saturated rings. The molecule has 3 N–H and O–H groups in total. The minimum absolute atomic E-state index is 0.125. The van der Waals surface area contributed by atoms with Crippen molar-refractivity contribution >= 4 is 39.8 Å². The smallest absolute Gasteiger partial charge is 0.273 e. The van der Waals surface area contributed by atoms with Crippen LogP contribution in [0.3, 0.4) is 0 Å². The number of amides is 2. The molecule has 0 aliphatic carbocycles. The topological polar surface area (TPSA) is 101 Å². The van der Waals surface area contributed by atoms with Crippen molar-refractivity contribution in [3.05, 3.63) is 91.0 Å². The molecule has 7 nitrogen and oxygen atoms in total. The van der Waals surface area contributed by atoms with Crippen molar-refractivity contribution in [3.63, 3.8) is 0 Å². The lowest BCUT2D eigenvalue weighted by Gasteiger charge is -2.20. The van der Waals surface area contributed by atoms with Crippen LogP contribution in [0.1, 0.15) is 6.42 Å². The standard InChI is InChI=1S/C26H21N5O2/c27-25(32)23-16-22(30-31(23)20-9-2-1-3-10-20)26(33)29-24-12-6-11-21(28-24)19-14-13-17-7-4-5-8-18(17)15-19/h1-15,23H,16H2,(H2,27,32)(H,28,29,33)/t23-/m0/s1. The predicted molar refractivity (Wildman–Crippen MR) is 130 cm³/mol. The monoisotopic (exact) mass is 435 g/mol. The van der Waals surface area contributed by atoms with Gasteiger partial charge in [0.2, 0.25) is 5.91 Å². The molecular weight excluding hydrogens is 414 g/mol. The Hall–Kier alpha value is -4.52. The Morgan fingerprint density at radius 2 is 1.64 bits per heavy atom. The zero-order valence-electron chi connectivity index (χ0n) is 17.7. The van der Waals surface area contributed by atoms with Crippen molar-refractivity contribution in [1.82, 2.24) is 4.98 Å². The van der Waals surface area contributed by atoms with E-state index in [2.05, 4.69) is 33.6 Å². The van der Waals surface area contributed by atoms with Gasteiger partial charge >= 0.3 is 0 Å². The van der Waals surface area contributed by atoms with Crippen molar-refractivity contribution in [2.24, 2.45) is 10.8 Å². The second-order valence-electron chi connectivity index (χ2n) is 7.77. The third-order valence-electron chi connectivity index (χ3n) is 5.56. The molecule has 0 radical (unpaired) electrons. The van der Waals surface area contributed by atoms with Gasteiger partial charge < -0.3 is 11.1 Å². The molecule has 4 aromatic rings. The van der Waals surface area contributed by atoms with E-state index < -0.39 is 17.9 Å². The van der Waals surface area contributed by atoms with Crippen molar-refractivity contribution in [3.8, 4) is 11.3 Å². The average molecular weight is 435 g/mol. The number of fused-ring (bicyclic) bond motifs is 1. The predicted octanol–water partition coefficient (Wildman–Crippen LogP) is 3.96. The lowest BCUT2D eigenvalue weighted by Crippen LogP contribution is -2.39. The summed E-state index contributed by atoms with van der Waals surface area (Å²) in [6.07, 6.45) is 0.125. The van der Waals surface area contributed by atoms with Gasteiger partial charge in [0.1, 0.15) is 17.6 Å². The van der Waals surface area contributed by atoms with Gasteiger partial charge in [0, 0.05) is 12.0 Å². The van der Waals surface area contributed by atoms with Gasteiger partial charge in [-0.3, -0.25) is 14.6 Å². The van der Waals surface area contributed by atoms with Crippen LogP contribution >= 0.6 is 0 Å². The van der Waals surface area contributed by atoms with E-state index in [1.165, 1.54) is 5.01 Å². The van der Waals surface area contributed by atoms with Crippen LogP contribution in [-0.2, 0) is 9.59 Å². The average Bonchev–Trinajstić information content (AvgIpc) is 3.31. The second-order valence-corrected chi connectivity index (χ2v) is 7.77. The fourth-order valence-electron chi connectivity index (χ4n) is 3.89. The summed E-state index contributed by atoms with van der Waals surface area (Å²) in [4.78, 5) is 29.5. The lowest BCUT2D eigenvalue weighted by molar-refractivity contribution is -0.119. The highest BCUT2D eigenvalue weighted by Gasteiger charge is 2.35. The van der Waals surface area contributed by atoms with Gasteiger partial charge in [-0.25, -0.2) is 4.98 Å². The number of hydrogen-bond donors (Lipinski definition) is 2. The van der Waals surface area contributed by atoms with Crippen molar-refractivity contribution < 1.29 is 9.59 Å². The first-order valence-corrected chi connectivity index (χ1v) is 10.6. The van der Waals surface area contributed by atoms with Crippen LogP contribution in [0.5, 0.6) is 0 Å². The Kier molecular flexibility index (Phi) is 5.28. The summed E-state index contributed by atoms with van der Waals surface area (Å²) in [5, 5.41) is 10.9. The molecule has 0 saturated carbocycles. The largest absolute Gasteiger partial charge is 0.368 e. The number of carbonyl (C=O) groups is 2. The van der Waals surface area contributed by atoms with Crippen molar-refractivity contribution in [1.29, 1.82) is 0 Å². The van der Waals surface area contributed by atoms with Gasteiger partial charge in [-0.1, -0.05) is 60.7 Å². The van der Waals surface area contributed by atoms with Gasteiger partial charge in [-0.15, -0.1) is 0 Å². The molecule has 1 aliphatic heterocycles. The second kappa shape index (κ2) is 8.55. The summed E-state index contributed by atoms with van der Waals surface area (Å²) in [5.41, 5.74) is 8.18. The van der Waals surface area contributed by atoms with E-state index in [1.807, 2.05) is 66.7 Å². The Labute approximate surface area is 190 Å². The maximum Gasteiger partial charge on any atom is 0.273 e. The number of carbonyl (C=O) groups excluding carboxylic acids is 2. The number of para-hydroxylation sites is 1. The number of nitrogens with one attached hydrogen (secondary N) is 1. The molecular formula is C26H21N5O2. The fraction of sp³-hybridized carbons (Fsp3) is 0.0769. The molecule has 5 rings (SSSR count). The molecule has 162 valence electrons. The van der Waals surface area contributed by atoms with Crippen LogP contribution in [-0.4, -0.2) is 28.6 Å². The molecule has 7 heteroatoms. The molecule has 2 heterocycles. The van der Waals surface area contributed by atoms with E-state index in [0.29, 0.717) is 11.5 Å². The molecule has 1 aromatic heterocycles. The molecule has 0 saturated heterocycles. The number of rotatable bonds is 5. The Morgan fingerprint density at radius 3 is 2.42 bits per heavy atom. The first-order valence-electron chi connectivity index (χ1n) is 10.6. The van der Waals surface area contributed by atoms with Gasteiger partial charge in [0.05, 0.1) is 11.4 Å². The van der Waals surface area contributed by atoms with Crippen LogP contribution in [0.4, 0.5) is 11.5 Å². The van der Waals surface area contributed by atoms with Gasteiger partial charge in [0.15, 0.2) is 0 Å². The third-order valence-corrected chi connectivity index (χ3v) is 5.56. The highest BCUT2D eigenvalue weighted by Crippen LogP contribution is 2.26. The van der Waals surface area contributed by atoms with Gasteiger partial charge in [-0.2, -0.15) is 5.10 Å². The summed E-state index contributed by atoms with van der Waals surface area (Å²) in [6.45, 7) is 0. The highest BCUT2D eigenvalue weighted by atomic mass is 16.2. The minimum atomic E-state index is -0.718. The molecule has 0 unspecified atom stereocenters. The highest BCUT2D eigenvalue weighted by molar-refractivity contribution is 6.44. The minimum Gasteiger partial charge on any atom is -0.368 e. The molecule has 33 heavy (non-hydrogen) atoms. The van der Waals surface area contributed by atoms with E-state index in [9.17, 15) is 9.59 Å². The summed E-state index contributed by atoms with van der Waals surface area (Å²) in [5.74, 6) is -0.549. The van der Waals surface area contributed by atoms with Gasteiger partial charge in [0.25, 0.3) is 5.91 Å². The number of primary amides is 1. The number of hydrogen-bond acceptors (Lipinski definition) is 5. The molecule has 0 spiro atoms. The van der Waals surface area contributed by atoms with Crippen molar-refractivity contribution in [2.45, 2.75) is 12.5 Å². The number of nitrogens with zero attached hydrogens (tertiary/aromatic N) is 3. The Morgan fingerprint density at radius 1 is 0.879 bits per heavy atom. The fourth-order valence-corrected chi connectivity index (χ4v) is 3.89. The number of nitrogens with two attached hydrogens (primary N) is 1. The maximum absolute atomic E-state index is 12.9. The zero-order chi connectivity index (χ0) is 22.8. The van der Waals surface area contributed by atoms with E-state index in [0.717, 1.165) is 22.0 Å². The van der Waals surface area contributed by atoms with Crippen LogP contribution in [0.2, 0.25) is 0 Å². The number of aromatic nitrogens is 1. The number of benzene rings is 3. The number of pyridine rings is 1. The van der Waals surface area contributed by atoms with Crippen LogP contribution in [0, 0.1) is 0 Å². The maximum atomic E-state index is 12.9. The zero-order valence-corrected chi connectivity index (χ0v) is 17.7. The molecule has 1 atom stereocenters. The number of anilines is 2. The van der Waals surface area contributed by atoms with Gasteiger partial charge in [-0.05, 0) is 41.1 Å². The van der Waals surface area contributed by atoms with Crippen molar-refractivity contribution in [2.75, 3.05) is 10.3 Å². The van der Waals surface area contributed by atoms with E-state index in [-0.39, 0.29) is 12.1 Å². The lowest BCUT2D eigenvalue weighted by atomic mass is 10.0. The first kappa shape index (κ1) is 20.4. The molecule has 1 aliphatic rings. The summed E-state index contributed by atoms with van der Waals surface area (Å²) in [6, 6.07) is 28.1. The van der Waals surface area contributed by atoms with E-state index >= 15 is 0 Å². The quantitative estimate of drug-likeness (QED) is 0.495. The Bertz CT molecular complexity index is 1380. The normalized spacial score (nSPS) is 15.3. The molecule has 2 amide bonds. The molecule has 0 bridgehead atoms. The Balaban J connectivity index is 1.38. The van der Waals surface area contributed by atoms with E-state index in [4.69, 9.17) is 5.73 Å². The van der Waals surface area contributed by atoms with Crippen LogP contribution < -0.4 is 16.1 Å².